The van der Waals surface area contributed by atoms with E-state index < -0.39 is 0 Å². The third-order valence-electron chi connectivity index (χ3n) is 3.52. The molecule has 0 radical (unpaired) electrons. The zero-order valence-corrected chi connectivity index (χ0v) is 12.0. The van der Waals surface area contributed by atoms with E-state index in [1.165, 1.54) is 18.5 Å². The van der Waals surface area contributed by atoms with Crippen LogP contribution in [-0.4, -0.2) is 22.6 Å². The van der Waals surface area contributed by atoms with E-state index in [-0.39, 0.29) is 11.9 Å². The second-order valence-corrected chi connectivity index (χ2v) is 5.54. The van der Waals surface area contributed by atoms with Gasteiger partial charge in [0.05, 0.1) is 0 Å². The van der Waals surface area contributed by atoms with E-state index in [2.05, 4.69) is 30.5 Å². The third kappa shape index (κ3) is 4.71. The monoisotopic (exact) mass is 263 g/mol. The Labute approximate surface area is 115 Å². The van der Waals surface area contributed by atoms with Gasteiger partial charge in [0.15, 0.2) is 0 Å². The molecule has 1 unspecified atom stereocenters. The fraction of sp³-hybridized carbons (Fsp3) is 0.667. The van der Waals surface area contributed by atoms with Gasteiger partial charge in [-0.3, -0.25) is 4.79 Å². The van der Waals surface area contributed by atoms with Crippen molar-refractivity contribution in [2.24, 2.45) is 0 Å². The molecule has 4 nitrogen and oxygen atoms in total. The van der Waals surface area contributed by atoms with Gasteiger partial charge in [-0.15, -0.1) is 0 Å². The number of carbonyl (C=O) groups is 1. The molecule has 1 aromatic rings. The Balaban J connectivity index is 1.80. The highest BCUT2D eigenvalue weighted by Crippen LogP contribution is 2.19. The largest absolute Gasteiger partial charge is 0.352 e. The molecule has 0 aliphatic heterocycles. The SMILES string of the molecule is CCCC(C)NC(=O)Cn1cccc1CNC1CC1. The first-order chi connectivity index (χ1) is 9.19. The van der Waals surface area contributed by atoms with Crippen molar-refractivity contribution < 1.29 is 4.79 Å². The third-order valence-corrected chi connectivity index (χ3v) is 3.52. The quantitative estimate of drug-likeness (QED) is 0.754. The summed E-state index contributed by atoms with van der Waals surface area (Å²) in [6.45, 7) is 5.47. The van der Waals surface area contributed by atoms with Crippen molar-refractivity contribution in [3.05, 3.63) is 24.0 Å². The number of nitrogens with one attached hydrogen (secondary N) is 2. The van der Waals surface area contributed by atoms with Crippen LogP contribution in [0.25, 0.3) is 0 Å². The van der Waals surface area contributed by atoms with Crippen molar-refractivity contribution >= 4 is 5.91 Å². The van der Waals surface area contributed by atoms with Crippen LogP contribution in [0.5, 0.6) is 0 Å². The van der Waals surface area contributed by atoms with Gasteiger partial charge in [0.1, 0.15) is 6.54 Å². The summed E-state index contributed by atoms with van der Waals surface area (Å²) in [6, 6.07) is 5.05. The maximum absolute atomic E-state index is 11.9. The van der Waals surface area contributed by atoms with E-state index in [1.807, 2.05) is 16.8 Å². The molecule has 0 bridgehead atoms. The van der Waals surface area contributed by atoms with Crippen LogP contribution in [0.15, 0.2) is 18.3 Å². The van der Waals surface area contributed by atoms with E-state index in [4.69, 9.17) is 0 Å². The minimum Gasteiger partial charge on any atom is -0.352 e. The average molecular weight is 263 g/mol. The van der Waals surface area contributed by atoms with E-state index in [0.717, 1.165) is 19.4 Å². The minimum atomic E-state index is 0.102. The molecular formula is C15H25N3O. The first kappa shape index (κ1) is 14.1. The number of nitrogens with zero attached hydrogens (tertiary/aromatic N) is 1. The number of aromatic nitrogens is 1. The van der Waals surface area contributed by atoms with Gasteiger partial charge < -0.3 is 15.2 Å². The van der Waals surface area contributed by atoms with Crippen molar-refractivity contribution in [1.29, 1.82) is 0 Å². The Morgan fingerprint density at radius 3 is 3.00 bits per heavy atom. The molecule has 0 spiro atoms. The molecular weight excluding hydrogens is 238 g/mol. The molecule has 1 fully saturated rings. The highest BCUT2D eigenvalue weighted by atomic mass is 16.2. The summed E-state index contributed by atoms with van der Waals surface area (Å²) in [5.74, 6) is 0.102. The maximum Gasteiger partial charge on any atom is 0.240 e. The summed E-state index contributed by atoms with van der Waals surface area (Å²) in [4.78, 5) is 11.9. The topological polar surface area (TPSA) is 46.1 Å². The molecule has 0 aromatic carbocycles. The average Bonchev–Trinajstić information content (AvgIpc) is 3.08. The predicted molar refractivity (Wildman–Crippen MR) is 76.8 cm³/mol. The van der Waals surface area contributed by atoms with Gasteiger partial charge in [0, 0.05) is 30.5 Å². The first-order valence-electron chi connectivity index (χ1n) is 7.35. The highest BCUT2D eigenvalue weighted by Gasteiger charge is 2.20. The van der Waals surface area contributed by atoms with Gasteiger partial charge in [-0.2, -0.15) is 0 Å². The van der Waals surface area contributed by atoms with Crippen LogP contribution >= 0.6 is 0 Å². The summed E-state index contributed by atoms with van der Waals surface area (Å²) in [7, 11) is 0. The number of hydrogen-bond donors (Lipinski definition) is 2. The minimum absolute atomic E-state index is 0.102. The smallest absolute Gasteiger partial charge is 0.240 e. The highest BCUT2D eigenvalue weighted by molar-refractivity contribution is 5.76. The molecule has 1 heterocycles. The Kier molecular flexibility index (Phi) is 5.02. The molecule has 1 amide bonds. The Morgan fingerprint density at radius 1 is 1.53 bits per heavy atom. The fourth-order valence-electron chi connectivity index (χ4n) is 2.28. The summed E-state index contributed by atoms with van der Waals surface area (Å²) < 4.78 is 2.03. The molecule has 1 atom stereocenters. The first-order valence-corrected chi connectivity index (χ1v) is 7.35. The molecule has 1 aromatic heterocycles. The van der Waals surface area contributed by atoms with Crippen molar-refractivity contribution in [3.63, 3.8) is 0 Å². The van der Waals surface area contributed by atoms with E-state index in [1.54, 1.807) is 0 Å². The summed E-state index contributed by atoms with van der Waals surface area (Å²) >= 11 is 0. The molecule has 19 heavy (non-hydrogen) atoms. The summed E-state index contributed by atoms with van der Waals surface area (Å²) in [6.07, 6.45) is 6.69. The zero-order chi connectivity index (χ0) is 13.7. The van der Waals surface area contributed by atoms with Crippen molar-refractivity contribution in [1.82, 2.24) is 15.2 Å². The normalized spacial score (nSPS) is 16.3. The predicted octanol–water partition coefficient (Wildman–Crippen LogP) is 2.04. The Bertz CT molecular complexity index is 409. The number of rotatable bonds is 8. The van der Waals surface area contributed by atoms with Gasteiger partial charge in [-0.25, -0.2) is 0 Å². The van der Waals surface area contributed by atoms with Crippen LogP contribution in [0.1, 0.15) is 45.2 Å². The summed E-state index contributed by atoms with van der Waals surface area (Å²) in [5.41, 5.74) is 1.19. The van der Waals surface area contributed by atoms with Gasteiger partial charge in [-0.05, 0) is 38.3 Å². The van der Waals surface area contributed by atoms with Gasteiger partial charge in [0.2, 0.25) is 5.91 Å². The lowest BCUT2D eigenvalue weighted by molar-refractivity contribution is -0.122. The van der Waals surface area contributed by atoms with Gasteiger partial charge in [0.25, 0.3) is 0 Å². The molecule has 2 rings (SSSR count). The van der Waals surface area contributed by atoms with E-state index in [9.17, 15) is 4.79 Å². The van der Waals surface area contributed by atoms with Crippen molar-refractivity contribution in [2.45, 2.75) is 64.7 Å². The lowest BCUT2D eigenvalue weighted by Crippen LogP contribution is -2.35. The molecule has 2 N–H and O–H groups in total. The zero-order valence-electron chi connectivity index (χ0n) is 12.0. The lowest BCUT2D eigenvalue weighted by atomic mass is 10.2. The van der Waals surface area contributed by atoms with E-state index in [0.29, 0.717) is 12.6 Å². The molecule has 1 saturated carbocycles. The molecule has 106 valence electrons. The van der Waals surface area contributed by atoms with Crippen molar-refractivity contribution in [2.75, 3.05) is 0 Å². The summed E-state index contributed by atoms with van der Waals surface area (Å²) in [5, 5.41) is 6.52. The van der Waals surface area contributed by atoms with Gasteiger partial charge >= 0.3 is 0 Å². The van der Waals surface area contributed by atoms with Gasteiger partial charge in [-0.1, -0.05) is 13.3 Å². The van der Waals surface area contributed by atoms with Crippen LogP contribution in [0, 0.1) is 0 Å². The van der Waals surface area contributed by atoms with Crippen LogP contribution in [0.3, 0.4) is 0 Å². The van der Waals surface area contributed by atoms with Crippen molar-refractivity contribution in [3.8, 4) is 0 Å². The maximum atomic E-state index is 11.9. The Morgan fingerprint density at radius 2 is 2.32 bits per heavy atom. The fourth-order valence-corrected chi connectivity index (χ4v) is 2.28. The number of carbonyl (C=O) groups excluding carboxylic acids is 1. The molecule has 1 aliphatic rings. The van der Waals surface area contributed by atoms with E-state index >= 15 is 0 Å². The standard InChI is InChI=1S/C15H25N3O/c1-3-5-12(2)17-15(19)11-18-9-4-6-14(18)10-16-13-7-8-13/h4,6,9,12-13,16H,3,5,7-8,10-11H2,1-2H3,(H,17,19). The molecule has 1 aliphatic carbocycles. The van der Waals surface area contributed by atoms with Crippen LogP contribution < -0.4 is 10.6 Å². The van der Waals surface area contributed by atoms with Crippen LogP contribution in [0.4, 0.5) is 0 Å². The Hall–Kier alpha value is -1.29. The lowest BCUT2D eigenvalue weighted by Gasteiger charge is -2.14. The molecule has 4 heteroatoms. The second kappa shape index (κ2) is 6.75. The second-order valence-electron chi connectivity index (χ2n) is 5.54. The molecule has 0 saturated heterocycles. The number of amides is 1. The van der Waals surface area contributed by atoms with Crippen LogP contribution in [-0.2, 0) is 17.9 Å². The number of hydrogen-bond acceptors (Lipinski definition) is 2. The van der Waals surface area contributed by atoms with Crippen LogP contribution in [0.2, 0.25) is 0 Å².